The van der Waals surface area contributed by atoms with Crippen molar-refractivity contribution in [2.45, 2.75) is 25.8 Å². The lowest BCUT2D eigenvalue weighted by Gasteiger charge is -2.28. The zero-order valence-electron chi connectivity index (χ0n) is 15.0. The standard InChI is InChI=1S/C21H28N2O2/c1-24-20-7-3-4-8-21(20)25-16-13-22-17-18-9-11-19(12-10-18)23-14-5-2-6-15-23/h3-4,7-12,22H,2,5-6,13-17H2,1H3. The first kappa shape index (κ1) is 17.6. The second kappa shape index (κ2) is 9.33. The Balaban J connectivity index is 1.38. The third-order valence-electron chi connectivity index (χ3n) is 4.59. The van der Waals surface area contributed by atoms with Crippen molar-refractivity contribution in [3.05, 3.63) is 54.1 Å². The van der Waals surface area contributed by atoms with Gasteiger partial charge in [-0.1, -0.05) is 24.3 Å². The third-order valence-corrected chi connectivity index (χ3v) is 4.59. The lowest BCUT2D eigenvalue weighted by atomic mass is 10.1. The first-order valence-electron chi connectivity index (χ1n) is 9.17. The molecular weight excluding hydrogens is 312 g/mol. The van der Waals surface area contributed by atoms with Crippen molar-refractivity contribution in [1.29, 1.82) is 0 Å². The van der Waals surface area contributed by atoms with Crippen LogP contribution in [0, 0.1) is 0 Å². The van der Waals surface area contributed by atoms with E-state index in [4.69, 9.17) is 9.47 Å². The summed E-state index contributed by atoms with van der Waals surface area (Å²) in [7, 11) is 1.66. The number of nitrogens with zero attached hydrogens (tertiary/aromatic N) is 1. The minimum atomic E-state index is 0.617. The van der Waals surface area contributed by atoms with Crippen LogP contribution in [0.15, 0.2) is 48.5 Å². The second-order valence-electron chi connectivity index (χ2n) is 6.39. The van der Waals surface area contributed by atoms with E-state index in [1.54, 1.807) is 7.11 Å². The molecule has 25 heavy (non-hydrogen) atoms. The topological polar surface area (TPSA) is 33.7 Å². The molecule has 0 saturated carbocycles. The van der Waals surface area contributed by atoms with Crippen LogP contribution in [0.5, 0.6) is 11.5 Å². The average Bonchev–Trinajstić information content (AvgIpc) is 2.69. The highest BCUT2D eigenvalue weighted by molar-refractivity contribution is 5.47. The monoisotopic (exact) mass is 340 g/mol. The number of piperidine rings is 1. The largest absolute Gasteiger partial charge is 0.493 e. The van der Waals surface area contributed by atoms with Crippen LogP contribution >= 0.6 is 0 Å². The van der Waals surface area contributed by atoms with Crippen LogP contribution in [0.3, 0.4) is 0 Å². The Bertz CT molecular complexity index is 637. The SMILES string of the molecule is COc1ccccc1OCCNCc1ccc(N2CCCCC2)cc1. The number of para-hydroxylation sites is 2. The summed E-state index contributed by atoms with van der Waals surface area (Å²) >= 11 is 0. The van der Waals surface area contributed by atoms with E-state index in [9.17, 15) is 0 Å². The smallest absolute Gasteiger partial charge is 0.161 e. The molecule has 0 aromatic heterocycles. The maximum absolute atomic E-state index is 5.77. The number of hydrogen-bond acceptors (Lipinski definition) is 4. The normalized spacial score (nSPS) is 14.4. The van der Waals surface area contributed by atoms with Crippen LogP contribution in [0.2, 0.25) is 0 Å². The number of rotatable bonds is 8. The highest BCUT2D eigenvalue weighted by Crippen LogP contribution is 2.25. The minimum absolute atomic E-state index is 0.617. The molecule has 1 saturated heterocycles. The summed E-state index contributed by atoms with van der Waals surface area (Å²) in [6.07, 6.45) is 4.00. The molecule has 0 aliphatic carbocycles. The molecule has 1 N–H and O–H groups in total. The van der Waals surface area contributed by atoms with Crippen LogP contribution in [0.4, 0.5) is 5.69 Å². The van der Waals surface area contributed by atoms with Gasteiger partial charge in [-0.25, -0.2) is 0 Å². The number of hydrogen-bond donors (Lipinski definition) is 1. The maximum Gasteiger partial charge on any atom is 0.161 e. The molecule has 0 bridgehead atoms. The zero-order valence-corrected chi connectivity index (χ0v) is 15.0. The average molecular weight is 340 g/mol. The van der Waals surface area contributed by atoms with Crippen molar-refractivity contribution >= 4 is 5.69 Å². The summed E-state index contributed by atoms with van der Waals surface area (Å²) in [6.45, 7) is 4.66. The van der Waals surface area contributed by atoms with E-state index in [2.05, 4.69) is 34.5 Å². The van der Waals surface area contributed by atoms with Crippen molar-refractivity contribution in [3.8, 4) is 11.5 Å². The highest BCUT2D eigenvalue weighted by atomic mass is 16.5. The van der Waals surface area contributed by atoms with E-state index in [1.807, 2.05) is 24.3 Å². The van der Waals surface area contributed by atoms with Crippen molar-refractivity contribution < 1.29 is 9.47 Å². The van der Waals surface area contributed by atoms with E-state index < -0.39 is 0 Å². The van der Waals surface area contributed by atoms with Gasteiger partial charge in [0.1, 0.15) is 6.61 Å². The van der Waals surface area contributed by atoms with Gasteiger partial charge in [-0.2, -0.15) is 0 Å². The fourth-order valence-electron chi connectivity index (χ4n) is 3.18. The lowest BCUT2D eigenvalue weighted by Crippen LogP contribution is -2.29. The summed E-state index contributed by atoms with van der Waals surface area (Å²) in [5.41, 5.74) is 2.65. The van der Waals surface area contributed by atoms with Gasteiger partial charge in [-0.05, 0) is 49.1 Å². The van der Waals surface area contributed by atoms with Gasteiger partial charge in [0.15, 0.2) is 11.5 Å². The Kier molecular flexibility index (Phi) is 6.57. The van der Waals surface area contributed by atoms with Gasteiger partial charge >= 0.3 is 0 Å². The Hall–Kier alpha value is -2.20. The zero-order chi connectivity index (χ0) is 17.3. The summed E-state index contributed by atoms with van der Waals surface area (Å²) in [5, 5.41) is 3.43. The van der Waals surface area contributed by atoms with E-state index in [-0.39, 0.29) is 0 Å². The Morgan fingerprint density at radius 2 is 1.64 bits per heavy atom. The van der Waals surface area contributed by atoms with Crippen LogP contribution in [-0.4, -0.2) is 33.4 Å². The summed E-state index contributed by atoms with van der Waals surface area (Å²) in [4.78, 5) is 2.49. The first-order chi connectivity index (χ1) is 12.4. The fourth-order valence-corrected chi connectivity index (χ4v) is 3.18. The molecule has 2 aromatic rings. The van der Waals surface area contributed by atoms with Gasteiger partial charge in [-0.3, -0.25) is 0 Å². The molecule has 134 valence electrons. The number of nitrogens with one attached hydrogen (secondary N) is 1. The Morgan fingerprint density at radius 1 is 0.920 bits per heavy atom. The molecule has 1 fully saturated rings. The molecule has 3 rings (SSSR count). The molecule has 0 amide bonds. The van der Waals surface area contributed by atoms with Crippen LogP contribution in [-0.2, 0) is 6.54 Å². The molecular formula is C21H28N2O2. The third kappa shape index (κ3) is 5.13. The maximum atomic E-state index is 5.77. The molecule has 1 aliphatic heterocycles. The summed E-state index contributed by atoms with van der Waals surface area (Å²) in [6, 6.07) is 16.7. The molecule has 1 aliphatic rings. The molecule has 0 atom stereocenters. The first-order valence-corrected chi connectivity index (χ1v) is 9.17. The molecule has 2 aromatic carbocycles. The molecule has 4 heteroatoms. The van der Waals surface area contributed by atoms with E-state index in [1.165, 1.54) is 43.6 Å². The van der Waals surface area contributed by atoms with E-state index >= 15 is 0 Å². The van der Waals surface area contributed by atoms with Gasteiger partial charge in [0.25, 0.3) is 0 Å². The number of methoxy groups -OCH3 is 1. The lowest BCUT2D eigenvalue weighted by molar-refractivity contribution is 0.292. The van der Waals surface area contributed by atoms with Gasteiger partial charge in [0, 0.05) is 31.9 Å². The van der Waals surface area contributed by atoms with E-state index in [0.29, 0.717) is 6.61 Å². The number of anilines is 1. The van der Waals surface area contributed by atoms with Crippen molar-refractivity contribution in [1.82, 2.24) is 5.32 Å². The summed E-state index contributed by atoms with van der Waals surface area (Å²) < 4.78 is 11.1. The van der Waals surface area contributed by atoms with Gasteiger partial charge in [0.05, 0.1) is 7.11 Å². The number of ether oxygens (including phenoxy) is 2. The van der Waals surface area contributed by atoms with Crippen LogP contribution in [0.25, 0.3) is 0 Å². The minimum Gasteiger partial charge on any atom is -0.493 e. The van der Waals surface area contributed by atoms with Crippen molar-refractivity contribution in [2.75, 3.05) is 38.3 Å². The second-order valence-corrected chi connectivity index (χ2v) is 6.39. The molecule has 4 nitrogen and oxygen atoms in total. The van der Waals surface area contributed by atoms with Gasteiger partial charge in [-0.15, -0.1) is 0 Å². The van der Waals surface area contributed by atoms with E-state index in [0.717, 1.165) is 24.6 Å². The highest BCUT2D eigenvalue weighted by Gasteiger charge is 2.10. The van der Waals surface area contributed by atoms with Crippen molar-refractivity contribution in [2.24, 2.45) is 0 Å². The van der Waals surface area contributed by atoms with Crippen LogP contribution < -0.4 is 19.7 Å². The molecule has 1 heterocycles. The Morgan fingerprint density at radius 3 is 2.36 bits per heavy atom. The summed E-state index contributed by atoms with van der Waals surface area (Å²) in [5.74, 6) is 1.56. The van der Waals surface area contributed by atoms with Crippen LogP contribution in [0.1, 0.15) is 24.8 Å². The molecule has 0 spiro atoms. The fraction of sp³-hybridized carbons (Fsp3) is 0.429. The molecule has 0 radical (unpaired) electrons. The predicted octanol–water partition coefficient (Wildman–Crippen LogP) is 3.85. The van der Waals surface area contributed by atoms with Gasteiger partial charge < -0.3 is 19.7 Å². The van der Waals surface area contributed by atoms with Crippen molar-refractivity contribution in [3.63, 3.8) is 0 Å². The molecule has 0 unspecified atom stereocenters. The van der Waals surface area contributed by atoms with Gasteiger partial charge in [0.2, 0.25) is 0 Å². The number of benzene rings is 2. The Labute approximate surface area is 150 Å². The quantitative estimate of drug-likeness (QED) is 0.740. The predicted molar refractivity (Wildman–Crippen MR) is 103 cm³/mol.